The number of carbonyl (C=O) groups excluding carboxylic acids is 1. The number of alkyl halides is 3. The number of rotatable bonds is 4. The summed E-state index contributed by atoms with van der Waals surface area (Å²) in [6.45, 7) is 4.04. The molecule has 0 bridgehead atoms. The maximum atomic E-state index is 13.6. The fourth-order valence-electron chi connectivity index (χ4n) is 2.64. The zero-order chi connectivity index (χ0) is 21.2. The van der Waals surface area contributed by atoms with Crippen molar-refractivity contribution in [1.29, 1.82) is 0 Å². The first kappa shape index (κ1) is 20.7. The van der Waals surface area contributed by atoms with Crippen molar-refractivity contribution in [2.24, 2.45) is 0 Å². The molecular weight excluding hydrogens is 407 g/mol. The number of nitrogens with one attached hydrogen (secondary N) is 1. The average Bonchev–Trinajstić information content (AvgIpc) is 3.06. The van der Waals surface area contributed by atoms with Crippen molar-refractivity contribution in [3.05, 3.63) is 71.0 Å². The van der Waals surface area contributed by atoms with Crippen LogP contribution in [0.5, 0.6) is 5.75 Å². The van der Waals surface area contributed by atoms with Crippen LogP contribution < -0.4 is 10.1 Å². The topological polar surface area (TPSA) is 56.1 Å². The van der Waals surface area contributed by atoms with Crippen LogP contribution in [0.25, 0.3) is 5.69 Å². The second-order valence-electron chi connectivity index (χ2n) is 6.53. The highest BCUT2D eigenvalue weighted by Gasteiger charge is 2.40. The molecule has 0 saturated carbocycles. The summed E-state index contributed by atoms with van der Waals surface area (Å²) in [6, 6.07) is 12.6. The normalized spacial score (nSPS) is 11.6. The van der Waals surface area contributed by atoms with Crippen LogP contribution in [0.1, 0.15) is 31.0 Å². The van der Waals surface area contributed by atoms with E-state index in [1.165, 1.54) is 24.3 Å². The summed E-state index contributed by atoms with van der Waals surface area (Å²) in [7, 11) is 0. The number of nitrogens with zero attached hydrogens (tertiary/aromatic N) is 2. The Kier molecular flexibility index (Phi) is 5.83. The Morgan fingerprint density at radius 2 is 1.72 bits per heavy atom. The largest absolute Gasteiger partial charge is 0.437 e. The van der Waals surface area contributed by atoms with E-state index in [2.05, 4.69) is 10.4 Å². The van der Waals surface area contributed by atoms with Gasteiger partial charge < -0.3 is 4.74 Å². The molecule has 2 aromatic carbocycles. The van der Waals surface area contributed by atoms with Crippen LogP contribution >= 0.6 is 11.6 Å². The van der Waals surface area contributed by atoms with Crippen LogP contribution in [-0.2, 0) is 6.18 Å². The van der Waals surface area contributed by atoms with Gasteiger partial charge in [0.25, 0.3) is 0 Å². The first-order valence-corrected chi connectivity index (χ1v) is 9.03. The third-order valence-corrected chi connectivity index (χ3v) is 4.35. The monoisotopic (exact) mass is 423 g/mol. The van der Waals surface area contributed by atoms with Gasteiger partial charge in [-0.05, 0) is 47.9 Å². The summed E-state index contributed by atoms with van der Waals surface area (Å²) in [5, 5.41) is 6.50. The molecule has 1 heterocycles. The van der Waals surface area contributed by atoms with E-state index >= 15 is 0 Å². The fourth-order valence-corrected chi connectivity index (χ4v) is 2.77. The van der Waals surface area contributed by atoms with Crippen molar-refractivity contribution in [3.8, 4) is 11.4 Å². The van der Waals surface area contributed by atoms with Crippen LogP contribution in [0, 0.1) is 0 Å². The number of ether oxygens (including phenoxy) is 1. The molecule has 1 N–H and O–H groups in total. The van der Waals surface area contributed by atoms with Gasteiger partial charge in [-0.2, -0.15) is 18.3 Å². The van der Waals surface area contributed by atoms with Crippen LogP contribution in [0.2, 0.25) is 5.02 Å². The lowest BCUT2D eigenvalue weighted by Gasteiger charge is -2.13. The average molecular weight is 424 g/mol. The van der Waals surface area contributed by atoms with Gasteiger partial charge in [0.05, 0.1) is 11.9 Å². The molecule has 29 heavy (non-hydrogen) atoms. The number of hydrogen-bond acceptors (Lipinski definition) is 3. The molecule has 1 amide bonds. The van der Waals surface area contributed by atoms with Gasteiger partial charge >= 0.3 is 12.3 Å². The minimum atomic E-state index is -4.80. The van der Waals surface area contributed by atoms with Gasteiger partial charge in [0.1, 0.15) is 0 Å². The number of halogens is 4. The van der Waals surface area contributed by atoms with E-state index in [1.54, 1.807) is 12.1 Å². The first-order chi connectivity index (χ1) is 13.6. The summed E-state index contributed by atoms with van der Waals surface area (Å²) in [4.78, 5) is 12.1. The lowest BCUT2D eigenvalue weighted by molar-refractivity contribution is -0.143. The molecular formula is C20H17ClF3N3O2. The van der Waals surface area contributed by atoms with Gasteiger partial charge in [-0.3, -0.25) is 5.32 Å². The van der Waals surface area contributed by atoms with Crippen molar-refractivity contribution >= 4 is 23.4 Å². The molecule has 0 aliphatic carbocycles. The van der Waals surface area contributed by atoms with E-state index in [4.69, 9.17) is 16.3 Å². The maximum absolute atomic E-state index is 13.6. The van der Waals surface area contributed by atoms with Crippen molar-refractivity contribution < 1.29 is 22.7 Å². The number of carbonyl (C=O) groups is 1. The summed E-state index contributed by atoms with van der Waals surface area (Å²) in [5.74, 6) is -0.396. The predicted octanol–water partition coefficient (Wildman–Crippen LogP) is 6.28. The quantitative estimate of drug-likeness (QED) is 0.537. The minimum Gasteiger partial charge on any atom is -0.406 e. The van der Waals surface area contributed by atoms with E-state index in [0.29, 0.717) is 21.3 Å². The Balaban J connectivity index is 1.83. The summed E-state index contributed by atoms with van der Waals surface area (Å²) in [5.41, 5.74) is 0.386. The Bertz CT molecular complexity index is 997. The minimum absolute atomic E-state index is 0.126. The van der Waals surface area contributed by atoms with Gasteiger partial charge in [-0.1, -0.05) is 37.6 Å². The van der Waals surface area contributed by atoms with Crippen molar-refractivity contribution in [1.82, 2.24) is 9.78 Å². The molecule has 0 aliphatic rings. The number of amides is 1. The molecule has 0 aliphatic heterocycles. The fraction of sp³-hybridized carbons (Fsp3) is 0.200. The molecule has 5 nitrogen and oxygen atoms in total. The molecule has 0 spiro atoms. The van der Waals surface area contributed by atoms with Crippen LogP contribution in [-0.4, -0.2) is 15.9 Å². The van der Waals surface area contributed by atoms with Gasteiger partial charge in [0, 0.05) is 10.7 Å². The standard InChI is InChI=1S/C20H17ClF3N3O2/c1-12(2)13-3-7-15(8-4-13)26-19(28)29-17-11-25-27(18(17)20(22,23)24)16-9-5-14(21)6-10-16/h3-12H,1-2H3,(H,26,28). The Labute approximate surface area is 170 Å². The molecule has 0 atom stereocenters. The van der Waals surface area contributed by atoms with E-state index in [1.807, 2.05) is 26.0 Å². The lowest BCUT2D eigenvalue weighted by atomic mass is 10.0. The molecule has 1 aromatic heterocycles. The van der Waals surface area contributed by atoms with E-state index in [-0.39, 0.29) is 5.69 Å². The first-order valence-electron chi connectivity index (χ1n) is 8.65. The number of benzene rings is 2. The van der Waals surface area contributed by atoms with Crippen LogP contribution in [0.3, 0.4) is 0 Å². The van der Waals surface area contributed by atoms with E-state index in [9.17, 15) is 18.0 Å². The number of anilines is 1. The Morgan fingerprint density at radius 1 is 1.10 bits per heavy atom. The van der Waals surface area contributed by atoms with Crippen LogP contribution in [0.15, 0.2) is 54.7 Å². The molecule has 3 rings (SSSR count). The number of aromatic nitrogens is 2. The zero-order valence-corrected chi connectivity index (χ0v) is 16.3. The van der Waals surface area contributed by atoms with Crippen LogP contribution in [0.4, 0.5) is 23.7 Å². The third kappa shape index (κ3) is 4.89. The molecule has 0 saturated heterocycles. The van der Waals surface area contributed by atoms with Gasteiger partial charge in [-0.25, -0.2) is 9.48 Å². The predicted molar refractivity (Wildman–Crippen MR) is 104 cm³/mol. The molecule has 152 valence electrons. The highest BCUT2D eigenvalue weighted by atomic mass is 35.5. The van der Waals surface area contributed by atoms with Gasteiger partial charge in [0.15, 0.2) is 11.4 Å². The molecule has 0 fully saturated rings. The smallest absolute Gasteiger partial charge is 0.406 e. The second kappa shape index (κ2) is 8.16. The van der Waals surface area contributed by atoms with Gasteiger partial charge in [-0.15, -0.1) is 0 Å². The maximum Gasteiger partial charge on any atom is 0.437 e. The molecule has 0 unspecified atom stereocenters. The summed E-state index contributed by atoms with van der Waals surface area (Å²) < 4.78 is 46.4. The summed E-state index contributed by atoms with van der Waals surface area (Å²) in [6.07, 6.45) is -5.01. The zero-order valence-electron chi connectivity index (χ0n) is 15.5. The number of hydrogen-bond donors (Lipinski definition) is 1. The SMILES string of the molecule is CC(C)c1ccc(NC(=O)Oc2cnn(-c3ccc(Cl)cc3)c2C(F)(F)F)cc1. The Hall–Kier alpha value is -3.00. The van der Waals surface area contributed by atoms with Crippen molar-refractivity contribution in [2.75, 3.05) is 5.32 Å². The van der Waals surface area contributed by atoms with E-state index in [0.717, 1.165) is 11.8 Å². The third-order valence-electron chi connectivity index (χ3n) is 4.10. The highest BCUT2D eigenvalue weighted by Crippen LogP contribution is 2.37. The van der Waals surface area contributed by atoms with Gasteiger partial charge in [0.2, 0.25) is 0 Å². The lowest BCUT2D eigenvalue weighted by Crippen LogP contribution is -2.20. The molecule has 3 aromatic rings. The van der Waals surface area contributed by atoms with Crippen molar-refractivity contribution in [2.45, 2.75) is 25.9 Å². The second-order valence-corrected chi connectivity index (χ2v) is 6.97. The highest BCUT2D eigenvalue weighted by molar-refractivity contribution is 6.30. The Morgan fingerprint density at radius 3 is 2.28 bits per heavy atom. The van der Waals surface area contributed by atoms with E-state index < -0.39 is 23.7 Å². The molecule has 0 radical (unpaired) electrons. The molecule has 9 heteroatoms. The van der Waals surface area contributed by atoms with Crippen molar-refractivity contribution in [3.63, 3.8) is 0 Å². The summed E-state index contributed by atoms with van der Waals surface area (Å²) >= 11 is 5.78.